The second kappa shape index (κ2) is 6.91. The smallest absolute Gasteiger partial charge is 0.218 e. The van der Waals surface area contributed by atoms with Crippen LogP contribution in [0.4, 0.5) is 0 Å². The van der Waals surface area contributed by atoms with Crippen molar-refractivity contribution in [1.29, 1.82) is 0 Å². The zero-order valence-corrected chi connectivity index (χ0v) is 14.6. The van der Waals surface area contributed by atoms with Crippen LogP contribution in [0.2, 0.25) is 0 Å². The van der Waals surface area contributed by atoms with E-state index in [1.807, 2.05) is 31.2 Å². The average molecular weight is 320 g/mol. The minimum Gasteiger partial charge on any atom is -0.493 e. The van der Waals surface area contributed by atoms with Crippen LogP contribution in [0.25, 0.3) is 16.9 Å². The van der Waals surface area contributed by atoms with E-state index in [1.54, 1.807) is 4.68 Å². The van der Waals surface area contributed by atoms with Crippen LogP contribution in [0.5, 0.6) is 5.88 Å². The standard InChI is InChI=1S/C21H24N2O/c1-4-5-9-18-20(17-13-11-15(2)12-14-17)22-23(21(18)24)19-10-7-6-8-16(19)3/h6-8,10-14,24H,4-5,9H2,1-3H3. The molecule has 0 fully saturated rings. The van der Waals surface area contributed by atoms with E-state index in [2.05, 4.69) is 38.1 Å². The summed E-state index contributed by atoms with van der Waals surface area (Å²) in [7, 11) is 0. The number of unbranched alkanes of at least 4 members (excludes halogenated alkanes) is 1. The van der Waals surface area contributed by atoms with Gasteiger partial charge in [0.1, 0.15) is 0 Å². The van der Waals surface area contributed by atoms with Gasteiger partial charge in [-0.15, -0.1) is 0 Å². The predicted octanol–water partition coefficient (Wildman–Crippen LogP) is 5.20. The summed E-state index contributed by atoms with van der Waals surface area (Å²) in [5.41, 5.74) is 6.10. The Balaban J connectivity index is 2.15. The molecule has 1 aromatic heterocycles. The summed E-state index contributed by atoms with van der Waals surface area (Å²) in [5, 5.41) is 15.6. The quantitative estimate of drug-likeness (QED) is 0.701. The van der Waals surface area contributed by atoms with E-state index in [9.17, 15) is 5.11 Å². The fraction of sp³-hybridized carbons (Fsp3) is 0.286. The van der Waals surface area contributed by atoms with Gasteiger partial charge in [0.25, 0.3) is 0 Å². The van der Waals surface area contributed by atoms with Crippen molar-refractivity contribution in [3.05, 3.63) is 65.2 Å². The highest BCUT2D eigenvalue weighted by molar-refractivity contribution is 5.67. The zero-order chi connectivity index (χ0) is 17.1. The number of aryl methyl sites for hydroxylation is 2. The molecule has 0 aliphatic rings. The molecule has 24 heavy (non-hydrogen) atoms. The van der Waals surface area contributed by atoms with E-state index in [0.717, 1.165) is 47.3 Å². The summed E-state index contributed by atoms with van der Waals surface area (Å²) < 4.78 is 1.68. The zero-order valence-electron chi connectivity index (χ0n) is 14.6. The first-order valence-electron chi connectivity index (χ1n) is 8.55. The van der Waals surface area contributed by atoms with Crippen LogP contribution in [0.1, 0.15) is 36.5 Å². The van der Waals surface area contributed by atoms with Crippen LogP contribution < -0.4 is 0 Å². The molecule has 3 aromatic rings. The largest absolute Gasteiger partial charge is 0.493 e. The third-order valence-electron chi connectivity index (χ3n) is 4.41. The van der Waals surface area contributed by atoms with E-state index >= 15 is 0 Å². The highest BCUT2D eigenvalue weighted by atomic mass is 16.3. The third-order valence-corrected chi connectivity index (χ3v) is 4.41. The first-order chi connectivity index (χ1) is 11.6. The molecule has 0 radical (unpaired) electrons. The molecule has 2 aromatic carbocycles. The van der Waals surface area contributed by atoms with Gasteiger partial charge in [-0.1, -0.05) is 61.4 Å². The van der Waals surface area contributed by atoms with Crippen LogP contribution >= 0.6 is 0 Å². The monoisotopic (exact) mass is 320 g/mol. The molecule has 3 heteroatoms. The second-order valence-electron chi connectivity index (χ2n) is 6.32. The molecule has 1 heterocycles. The van der Waals surface area contributed by atoms with Gasteiger partial charge < -0.3 is 5.11 Å². The second-order valence-corrected chi connectivity index (χ2v) is 6.32. The van der Waals surface area contributed by atoms with Crippen molar-refractivity contribution < 1.29 is 5.11 Å². The van der Waals surface area contributed by atoms with Crippen LogP contribution in [0, 0.1) is 13.8 Å². The number of rotatable bonds is 5. The van der Waals surface area contributed by atoms with Crippen molar-refractivity contribution in [2.75, 3.05) is 0 Å². The van der Waals surface area contributed by atoms with Crippen LogP contribution in [0.3, 0.4) is 0 Å². The summed E-state index contributed by atoms with van der Waals surface area (Å²) in [6.45, 7) is 6.27. The maximum atomic E-state index is 10.8. The Morgan fingerprint density at radius 1 is 1.00 bits per heavy atom. The van der Waals surface area contributed by atoms with Gasteiger partial charge >= 0.3 is 0 Å². The molecule has 0 bridgehead atoms. The summed E-state index contributed by atoms with van der Waals surface area (Å²) in [6.07, 6.45) is 2.95. The number of para-hydroxylation sites is 1. The van der Waals surface area contributed by atoms with E-state index in [1.165, 1.54) is 5.56 Å². The van der Waals surface area contributed by atoms with Crippen molar-refractivity contribution in [3.8, 4) is 22.8 Å². The van der Waals surface area contributed by atoms with Crippen molar-refractivity contribution >= 4 is 0 Å². The molecule has 3 rings (SSSR count). The van der Waals surface area contributed by atoms with E-state index < -0.39 is 0 Å². The van der Waals surface area contributed by atoms with Crippen molar-refractivity contribution in [2.45, 2.75) is 40.0 Å². The topological polar surface area (TPSA) is 38.0 Å². The van der Waals surface area contributed by atoms with Gasteiger partial charge in [0, 0.05) is 11.1 Å². The summed E-state index contributed by atoms with van der Waals surface area (Å²) >= 11 is 0. The summed E-state index contributed by atoms with van der Waals surface area (Å²) in [4.78, 5) is 0. The van der Waals surface area contributed by atoms with Crippen LogP contribution in [0.15, 0.2) is 48.5 Å². The Labute approximate surface area is 143 Å². The molecule has 0 saturated carbocycles. The molecule has 0 amide bonds. The number of benzene rings is 2. The maximum Gasteiger partial charge on any atom is 0.218 e. The number of hydrogen-bond donors (Lipinski definition) is 1. The minimum atomic E-state index is 0.258. The maximum absolute atomic E-state index is 10.8. The number of aromatic nitrogens is 2. The number of nitrogens with zero attached hydrogens (tertiary/aromatic N) is 2. The van der Waals surface area contributed by atoms with E-state index in [-0.39, 0.29) is 5.88 Å². The molecular weight excluding hydrogens is 296 g/mol. The van der Waals surface area contributed by atoms with Gasteiger partial charge in [0.15, 0.2) is 0 Å². The molecule has 0 aliphatic carbocycles. The van der Waals surface area contributed by atoms with E-state index in [4.69, 9.17) is 5.10 Å². The fourth-order valence-corrected chi connectivity index (χ4v) is 2.94. The molecule has 0 saturated heterocycles. The number of hydrogen-bond acceptors (Lipinski definition) is 2. The average Bonchev–Trinajstić information content (AvgIpc) is 2.91. The molecule has 0 spiro atoms. The number of aromatic hydroxyl groups is 1. The highest BCUT2D eigenvalue weighted by Crippen LogP contribution is 2.33. The first-order valence-corrected chi connectivity index (χ1v) is 8.55. The van der Waals surface area contributed by atoms with Crippen LogP contribution in [-0.2, 0) is 6.42 Å². The van der Waals surface area contributed by atoms with Crippen molar-refractivity contribution in [3.63, 3.8) is 0 Å². The molecule has 0 unspecified atom stereocenters. The minimum absolute atomic E-state index is 0.258. The van der Waals surface area contributed by atoms with Crippen LogP contribution in [-0.4, -0.2) is 14.9 Å². The SMILES string of the molecule is CCCCc1c(-c2ccc(C)cc2)nn(-c2ccccc2C)c1O. The molecule has 124 valence electrons. The van der Waals surface area contributed by atoms with E-state index in [0.29, 0.717) is 0 Å². The van der Waals surface area contributed by atoms with Crippen molar-refractivity contribution in [2.24, 2.45) is 0 Å². The molecule has 3 nitrogen and oxygen atoms in total. The predicted molar refractivity (Wildman–Crippen MR) is 98.8 cm³/mol. The lowest BCUT2D eigenvalue weighted by Gasteiger charge is -2.06. The first kappa shape index (κ1) is 16.3. The molecule has 0 atom stereocenters. The summed E-state index contributed by atoms with van der Waals surface area (Å²) in [6, 6.07) is 16.3. The Bertz CT molecular complexity index is 832. The third kappa shape index (κ3) is 3.07. The lowest BCUT2D eigenvalue weighted by Crippen LogP contribution is -1.98. The van der Waals surface area contributed by atoms with Gasteiger partial charge in [0.05, 0.1) is 11.4 Å². The highest BCUT2D eigenvalue weighted by Gasteiger charge is 2.19. The van der Waals surface area contributed by atoms with Crippen molar-refractivity contribution in [1.82, 2.24) is 9.78 Å². The van der Waals surface area contributed by atoms with Gasteiger partial charge in [-0.3, -0.25) is 0 Å². The lowest BCUT2D eigenvalue weighted by atomic mass is 10.0. The summed E-state index contributed by atoms with van der Waals surface area (Å²) in [5.74, 6) is 0.258. The Kier molecular flexibility index (Phi) is 4.70. The Hall–Kier alpha value is -2.55. The van der Waals surface area contributed by atoms with Gasteiger partial charge in [-0.25, -0.2) is 4.68 Å². The fourth-order valence-electron chi connectivity index (χ4n) is 2.94. The Morgan fingerprint density at radius 3 is 2.38 bits per heavy atom. The molecule has 1 N–H and O–H groups in total. The van der Waals surface area contributed by atoms with Gasteiger partial charge in [-0.2, -0.15) is 5.10 Å². The molecular formula is C21H24N2O. The van der Waals surface area contributed by atoms with Gasteiger partial charge in [0.2, 0.25) is 5.88 Å². The van der Waals surface area contributed by atoms with Gasteiger partial charge in [-0.05, 0) is 38.3 Å². The normalized spacial score (nSPS) is 11.0. The lowest BCUT2D eigenvalue weighted by molar-refractivity contribution is 0.427. The molecule has 0 aliphatic heterocycles. The Morgan fingerprint density at radius 2 is 1.71 bits per heavy atom.